The van der Waals surface area contributed by atoms with Crippen molar-refractivity contribution in [1.82, 2.24) is 0 Å². The van der Waals surface area contributed by atoms with E-state index in [0.717, 1.165) is 11.3 Å². The number of carbonyl (C=O) groups excluding carboxylic acids is 1. The van der Waals surface area contributed by atoms with E-state index in [9.17, 15) is 13.2 Å². The second-order valence-electron chi connectivity index (χ2n) is 5.26. The molecular formula is C18H14ClNO4S2. The molecule has 0 aliphatic rings. The molecule has 0 unspecified atom stereocenters. The van der Waals surface area contributed by atoms with Gasteiger partial charge >= 0.3 is 0 Å². The molecule has 2 aromatic carbocycles. The molecule has 1 amide bonds. The van der Waals surface area contributed by atoms with Crippen molar-refractivity contribution in [3.05, 3.63) is 70.6 Å². The van der Waals surface area contributed by atoms with Crippen LogP contribution in [0.1, 0.15) is 9.67 Å². The number of benzene rings is 2. The number of hydrogen-bond donors (Lipinski definition) is 1. The minimum absolute atomic E-state index is 0.0969. The Morgan fingerprint density at radius 1 is 1.00 bits per heavy atom. The van der Waals surface area contributed by atoms with Gasteiger partial charge in [0.05, 0.1) is 16.9 Å². The Balaban J connectivity index is 1.80. The summed E-state index contributed by atoms with van der Waals surface area (Å²) in [6.45, 7) is 0. The lowest BCUT2D eigenvalue weighted by Crippen LogP contribution is -2.09. The van der Waals surface area contributed by atoms with Gasteiger partial charge < -0.3 is 10.1 Å². The summed E-state index contributed by atoms with van der Waals surface area (Å²) in [5.41, 5.74) is 0.589. The summed E-state index contributed by atoms with van der Waals surface area (Å²) in [6, 6.07) is 15.7. The molecular weight excluding hydrogens is 394 g/mol. The van der Waals surface area contributed by atoms with Gasteiger partial charge in [0.15, 0.2) is 0 Å². The fourth-order valence-electron chi connectivity index (χ4n) is 2.18. The van der Waals surface area contributed by atoms with Crippen LogP contribution in [0.15, 0.2) is 69.8 Å². The molecule has 0 saturated heterocycles. The lowest BCUT2D eigenvalue weighted by Gasteiger charge is -2.05. The molecule has 1 aromatic heterocycles. The monoisotopic (exact) mass is 407 g/mol. The summed E-state index contributed by atoms with van der Waals surface area (Å²) < 4.78 is 30.4. The highest BCUT2D eigenvalue weighted by molar-refractivity contribution is 7.93. The van der Waals surface area contributed by atoms with Crippen LogP contribution in [-0.4, -0.2) is 21.4 Å². The lowest BCUT2D eigenvalue weighted by atomic mass is 10.3. The van der Waals surface area contributed by atoms with Crippen LogP contribution in [-0.2, 0) is 9.84 Å². The minimum atomic E-state index is -3.69. The largest absolute Gasteiger partial charge is 0.497 e. The first-order valence-corrected chi connectivity index (χ1v) is 10.1. The van der Waals surface area contributed by atoms with E-state index in [1.54, 1.807) is 31.4 Å². The van der Waals surface area contributed by atoms with Gasteiger partial charge in [-0.15, -0.1) is 11.3 Å². The number of nitrogens with one attached hydrogen (secondary N) is 1. The Bertz CT molecular complexity index is 1030. The highest BCUT2D eigenvalue weighted by atomic mass is 35.5. The molecule has 134 valence electrons. The van der Waals surface area contributed by atoms with Crippen molar-refractivity contribution in [3.8, 4) is 5.75 Å². The fraction of sp³-hybridized carbons (Fsp3) is 0.0556. The van der Waals surface area contributed by atoms with Gasteiger partial charge in [-0.25, -0.2) is 8.42 Å². The van der Waals surface area contributed by atoms with Gasteiger partial charge in [-0.05, 0) is 60.7 Å². The van der Waals surface area contributed by atoms with E-state index in [2.05, 4.69) is 5.32 Å². The van der Waals surface area contributed by atoms with Crippen LogP contribution in [0.2, 0.25) is 5.02 Å². The first-order chi connectivity index (χ1) is 12.4. The highest BCUT2D eigenvalue weighted by Crippen LogP contribution is 2.29. The molecule has 1 heterocycles. The normalized spacial score (nSPS) is 11.2. The SMILES string of the molecule is COc1ccc(NC(=O)c2ccc(S(=O)(=O)c3ccc(Cl)cc3)s2)cc1. The standard InChI is InChI=1S/C18H14ClNO4S2/c1-24-14-6-4-13(5-7-14)20-18(21)16-10-11-17(25-16)26(22,23)15-8-2-12(19)3-9-15/h2-11H,1H3,(H,20,21). The second-order valence-corrected chi connectivity index (χ2v) is 8.96. The van der Waals surface area contributed by atoms with Gasteiger partial charge in [0, 0.05) is 10.7 Å². The predicted octanol–water partition coefficient (Wildman–Crippen LogP) is 4.50. The third kappa shape index (κ3) is 3.90. The Morgan fingerprint density at radius 3 is 2.27 bits per heavy atom. The summed E-state index contributed by atoms with van der Waals surface area (Å²) in [5, 5.41) is 3.18. The van der Waals surface area contributed by atoms with Crippen molar-refractivity contribution < 1.29 is 17.9 Å². The number of ether oxygens (including phenoxy) is 1. The number of sulfone groups is 1. The first-order valence-electron chi connectivity index (χ1n) is 7.46. The van der Waals surface area contributed by atoms with Crippen LogP contribution < -0.4 is 10.1 Å². The molecule has 0 aliphatic heterocycles. The van der Waals surface area contributed by atoms with Crippen molar-refractivity contribution in [2.24, 2.45) is 0 Å². The molecule has 5 nitrogen and oxygen atoms in total. The van der Waals surface area contributed by atoms with E-state index < -0.39 is 9.84 Å². The summed E-state index contributed by atoms with van der Waals surface area (Å²) in [6.07, 6.45) is 0. The Morgan fingerprint density at radius 2 is 1.65 bits per heavy atom. The summed E-state index contributed by atoms with van der Waals surface area (Å²) in [7, 11) is -2.13. The Hall–Kier alpha value is -2.35. The van der Waals surface area contributed by atoms with E-state index in [4.69, 9.17) is 16.3 Å². The van der Waals surface area contributed by atoms with Gasteiger partial charge in [0.2, 0.25) is 9.84 Å². The highest BCUT2D eigenvalue weighted by Gasteiger charge is 2.21. The van der Waals surface area contributed by atoms with Crippen molar-refractivity contribution >= 4 is 44.4 Å². The number of thiophene rings is 1. The molecule has 0 bridgehead atoms. The van der Waals surface area contributed by atoms with Crippen LogP contribution in [0.4, 0.5) is 5.69 Å². The van der Waals surface area contributed by atoms with Gasteiger partial charge in [0.25, 0.3) is 5.91 Å². The van der Waals surface area contributed by atoms with E-state index in [1.165, 1.54) is 36.4 Å². The summed E-state index contributed by atoms with van der Waals surface area (Å²) in [4.78, 5) is 12.8. The molecule has 0 saturated carbocycles. The molecule has 26 heavy (non-hydrogen) atoms. The molecule has 3 rings (SSSR count). The van der Waals surface area contributed by atoms with Crippen molar-refractivity contribution in [1.29, 1.82) is 0 Å². The predicted molar refractivity (Wildman–Crippen MR) is 102 cm³/mol. The Kier molecular flexibility index (Phi) is 5.31. The molecule has 1 N–H and O–H groups in total. The van der Waals surface area contributed by atoms with Crippen LogP contribution >= 0.6 is 22.9 Å². The molecule has 0 radical (unpaired) electrons. The zero-order chi connectivity index (χ0) is 18.7. The number of hydrogen-bond acceptors (Lipinski definition) is 5. The fourth-order valence-corrected chi connectivity index (χ4v) is 4.91. The zero-order valence-electron chi connectivity index (χ0n) is 13.6. The summed E-state index contributed by atoms with van der Waals surface area (Å²) in [5.74, 6) is 0.299. The van der Waals surface area contributed by atoms with Gasteiger partial charge in [-0.1, -0.05) is 11.6 Å². The van der Waals surface area contributed by atoms with Gasteiger partial charge in [-0.3, -0.25) is 4.79 Å². The maximum absolute atomic E-state index is 12.6. The van der Waals surface area contributed by atoms with E-state index in [-0.39, 0.29) is 15.0 Å². The molecule has 0 aliphatic carbocycles. The summed E-state index contributed by atoms with van der Waals surface area (Å²) >= 11 is 6.71. The number of anilines is 1. The third-order valence-corrected chi connectivity index (χ3v) is 7.14. The van der Waals surface area contributed by atoms with Crippen LogP contribution in [0.25, 0.3) is 0 Å². The average Bonchev–Trinajstić information content (AvgIpc) is 3.14. The van der Waals surface area contributed by atoms with Crippen LogP contribution in [0.3, 0.4) is 0 Å². The van der Waals surface area contributed by atoms with E-state index in [1.807, 2.05) is 0 Å². The topological polar surface area (TPSA) is 72.5 Å². The van der Waals surface area contributed by atoms with E-state index >= 15 is 0 Å². The van der Waals surface area contributed by atoms with Crippen molar-refractivity contribution in [2.45, 2.75) is 9.10 Å². The Labute approximate surface area is 160 Å². The maximum Gasteiger partial charge on any atom is 0.265 e. The van der Waals surface area contributed by atoms with Crippen LogP contribution in [0, 0.1) is 0 Å². The third-order valence-electron chi connectivity index (χ3n) is 3.54. The zero-order valence-corrected chi connectivity index (χ0v) is 16.0. The molecule has 8 heteroatoms. The molecule has 3 aromatic rings. The van der Waals surface area contributed by atoms with Crippen LogP contribution in [0.5, 0.6) is 5.75 Å². The molecule has 0 spiro atoms. The second kappa shape index (κ2) is 7.49. The quantitative estimate of drug-likeness (QED) is 0.676. The van der Waals surface area contributed by atoms with Gasteiger partial charge in [-0.2, -0.15) is 0 Å². The molecule has 0 atom stereocenters. The molecule has 0 fully saturated rings. The van der Waals surface area contributed by atoms with Crippen molar-refractivity contribution in [2.75, 3.05) is 12.4 Å². The number of halogens is 1. The lowest BCUT2D eigenvalue weighted by molar-refractivity contribution is 0.103. The maximum atomic E-state index is 12.6. The average molecular weight is 408 g/mol. The van der Waals surface area contributed by atoms with E-state index in [0.29, 0.717) is 21.3 Å². The van der Waals surface area contributed by atoms with Crippen molar-refractivity contribution in [3.63, 3.8) is 0 Å². The first kappa shape index (κ1) is 18.4. The number of carbonyl (C=O) groups is 1. The van der Waals surface area contributed by atoms with Gasteiger partial charge in [0.1, 0.15) is 9.96 Å². The number of rotatable bonds is 5. The number of amides is 1. The minimum Gasteiger partial charge on any atom is -0.497 e. The number of methoxy groups -OCH3 is 1. The smallest absolute Gasteiger partial charge is 0.265 e.